The number of fused-ring (bicyclic) bond motifs is 1. The van der Waals surface area contributed by atoms with Crippen LogP contribution in [0, 0.1) is 5.82 Å². The van der Waals surface area contributed by atoms with Gasteiger partial charge in [-0.1, -0.05) is 50.2 Å². The van der Waals surface area contributed by atoms with Crippen LogP contribution >= 0.6 is 0 Å². The lowest BCUT2D eigenvalue weighted by Crippen LogP contribution is -2.20. The van der Waals surface area contributed by atoms with Crippen LogP contribution in [0.2, 0.25) is 0 Å². The second-order valence-corrected chi connectivity index (χ2v) is 6.51. The van der Waals surface area contributed by atoms with E-state index in [2.05, 4.69) is 59.6 Å². The van der Waals surface area contributed by atoms with Crippen LogP contribution in [0.1, 0.15) is 42.5 Å². The Labute approximate surface area is 146 Å². The number of benzene rings is 2. The van der Waals surface area contributed by atoms with Gasteiger partial charge in [-0.2, -0.15) is 10.1 Å². The Morgan fingerprint density at radius 2 is 1.76 bits per heavy atom. The number of halogens is 1. The van der Waals surface area contributed by atoms with E-state index in [-0.39, 0.29) is 11.9 Å². The molecule has 1 N–H and O–H groups in total. The predicted octanol–water partition coefficient (Wildman–Crippen LogP) is 4.60. The van der Waals surface area contributed by atoms with Crippen LogP contribution in [-0.2, 0) is 0 Å². The van der Waals surface area contributed by atoms with E-state index in [9.17, 15) is 4.39 Å². The quantitative estimate of drug-likeness (QED) is 0.761. The number of aromatic nitrogens is 3. The summed E-state index contributed by atoms with van der Waals surface area (Å²) in [5, 5.41) is 7.64. The topological polar surface area (TPSA) is 42.7 Å². The first-order valence-electron chi connectivity index (χ1n) is 8.36. The van der Waals surface area contributed by atoms with Crippen molar-refractivity contribution in [3.8, 4) is 0 Å². The monoisotopic (exact) mass is 334 g/mol. The SMILES string of the molecule is CC(C)c1ccc(C2=C[C@H](c3ccc(F)cc3)n3ncnc3N2)cc1. The molecule has 1 aliphatic heterocycles. The van der Waals surface area contributed by atoms with Crippen molar-refractivity contribution in [2.75, 3.05) is 5.32 Å². The Kier molecular flexibility index (Phi) is 3.84. The Balaban J connectivity index is 1.74. The summed E-state index contributed by atoms with van der Waals surface area (Å²) in [7, 11) is 0. The number of anilines is 1. The molecule has 1 atom stereocenters. The third kappa shape index (κ3) is 2.93. The van der Waals surface area contributed by atoms with E-state index in [1.807, 2.05) is 0 Å². The fourth-order valence-electron chi connectivity index (χ4n) is 3.05. The van der Waals surface area contributed by atoms with Gasteiger partial charge in [0.15, 0.2) is 0 Å². The third-order valence-electron chi connectivity index (χ3n) is 4.51. The van der Waals surface area contributed by atoms with E-state index in [1.165, 1.54) is 24.0 Å². The summed E-state index contributed by atoms with van der Waals surface area (Å²) in [5.41, 5.74) is 4.33. The first-order valence-corrected chi connectivity index (χ1v) is 8.36. The molecule has 0 saturated heterocycles. The molecule has 4 rings (SSSR count). The molecular formula is C20H19FN4. The second kappa shape index (κ2) is 6.16. The van der Waals surface area contributed by atoms with Crippen molar-refractivity contribution in [1.82, 2.24) is 14.8 Å². The zero-order valence-electron chi connectivity index (χ0n) is 14.1. The van der Waals surface area contributed by atoms with Gasteiger partial charge in [0.25, 0.3) is 0 Å². The van der Waals surface area contributed by atoms with Gasteiger partial charge in [0, 0.05) is 5.70 Å². The molecule has 0 saturated carbocycles. The normalized spacial score (nSPS) is 16.3. The van der Waals surface area contributed by atoms with Gasteiger partial charge >= 0.3 is 0 Å². The van der Waals surface area contributed by atoms with Crippen LogP contribution in [0.25, 0.3) is 5.70 Å². The van der Waals surface area contributed by atoms with E-state index in [0.29, 0.717) is 11.9 Å². The molecule has 0 amide bonds. The van der Waals surface area contributed by atoms with Gasteiger partial charge in [0.2, 0.25) is 5.95 Å². The van der Waals surface area contributed by atoms with Gasteiger partial charge in [-0.15, -0.1) is 0 Å². The largest absolute Gasteiger partial charge is 0.324 e. The standard InChI is InChI=1S/C20H19FN4/c1-13(2)14-3-5-15(6-4-14)18-11-19(16-7-9-17(21)10-8-16)25-20(24-18)22-12-23-25/h3-13,19H,1-2H3,(H,22,23,24)/t19-/m1/s1. The highest BCUT2D eigenvalue weighted by Crippen LogP contribution is 2.32. The molecule has 5 heteroatoms. The number of nitrogens with one attached hydrogen (secondary N) is 1. The Hall–Kier alpha value is -2.95. The highest BCUT2D eigenvalue weighted by atomic mass is 19.1. The summed E-state index contributed by atoms with van der Waals surface area (Å²) >= 11 is 0. The van der Waals surface area contributed by atoms with Crippen molar-refractivity contribution in [3.05, 3.63) is 83.4 Å². The van der Waals surface area contributed by atoms with Crippen molar-refractivity contribution in [3.63, 3.8) is 0 Å². The van der Waals surface area contributed by atoms with Crippen LogP contribution in [-0.4, -0.2) is 14.8 Å². The fraction of sp³-hybridized carbons (Fsp3) is 0.200. The number of rotatable bonds is 3. The van der Waals surface area contributed by atoms with Gasteiger partial charge < -0.3 is 5.32 Å². The Morgan fingerprint density at radius 1 is 1.04 bits per heavy atom. The van der Waals surface area contributed by atoms with Gasteiger partial charge in [0.1, 0.15) is 18.2 Å². The minimum Gasteiger partial charge on any atom is -0.324 e. The lowest BCUT2D eigenvalue weighted by Gasteiger charge is -2.24. The van der Waals surface area contributed by atoms with Crippen molar-refractivity contribution in [2.24, 2.45) is 0 Å². The average Bonchev–Trinajstić information content (AvgIpc) is 3.10. The fourth-order valence-corrected chi connectivity index (χ4v) is 3.05. The van der Waals surface area contributed by atoms with Crippen LogP contribution < -0.4 is 5.32 Å². The molecule has 0 unspecified atom stereocenters. The lowest BCUT2D eigenvalue weighted by molar-refractivity contribution is 0.603. The Morgan fingerprint density at radius 3 is 2.44 bits per heavy atom. The lowest BCUT2D eigenvalue weighted by atomic mass is 9.98. The van der Waals surface area contributed by atoms with Crippen LogP contribution in [0.5, 0.6) is 0 Å². The van der Waals surface area contributed by atoms with E-state index in [4.69, 9.17) is 0 Å². The van der Waals surface area contributed by atoms with E-state index >= 15 is 0 Å². The highest BCUT2D eigenvalue weighted by molar-refractivity contribution is 5.77. The Bertz CT molecular complexity index is 908. The molecule has 2 aromatic carbocycles. The first-order chi connectivity index (χ1) is 12.1. The first kappa shape index (κ1) is 15.6. The zero-order valence-corrected chi connectivity index (χ0v) is 14.1. The van der Waals surface area contributed by atoms with Crippen molar-refractivity contribution < 1.29 is 4.39 Å². The van der Waals surface area contributed by atoms with Gasteiger partial charge in [-0.05, 0) is 40.8 Å². The smallest absolute Gasteiger partial charge is 0.226 e. The molecule has 126 valence electrons. The molecule has 4 nitrogen and oxygen atoms in total. The van der Waals surface area contributed by atoms with Crippen molar-refractivity contribution in [2.45, 2.75) is 25.8 Å². The van der Waals surface area contributed by atoms with Gasteiger partial charge in [0.05, 0.1) is 0 Å². The van der Waals surface area contributed by atoms with Gasteiger partial charge in [-0.3, -0.25) is 0 Å². The summed E-state index contributed by atoms with van der Waals surface area (Å²) in [6.45, 7) is 4.36. The predicted molar refractivity (Wildman–Crippen MR) is 96.7 cm³/mol. The number of hydrogen-bond acceptors (Lipinski definition) is 3. The molecule has 0 bridgehead atoms. The van der Waals surface area contributed by atoms with Crippen LogP contribution in [0.15, 0.2) is 60.9 Å². The molecule has 2 heterocycles. The maximum Gasteiger partial charge on any atom is 0.226 e. The summed E-state index contributed by atoms with van der Waals surface area (Å²) in [6.07, 6.45) is 3.62. The van der Waals surface area contributed by atoms with E-state index in [1.54, 1.807) is 16.8 Å². The molecular weight excluding hydrogens is 315 g/mol. The van der Waals surface area contributed by atoms with Crippen LogP contribution in [0.3, 0.4) is 0 Å². The minimum absolute atomic E-state index is 0.126. The number of hydrogen-bond donors (Lipinski definition) is 1. The molecule has 3 aromatic rings. The maximum atomic E-state index is 13.3. The van der Waals surface area contributed by atoms with E-state index < -0.39 is 0 Å². The van der Waals surface area contributed by atoms with E-state index in [0.717, 1.165) is 16.8 Å². The molecule has 0 spiro atoms. The minimum atomic E-state index is -0.245. The summed E-state index contributed by atoms with van der Waals surface area (Å²) in [5.74, 6) is 0.933. The average molecular weight is 334 g/mol. The molecule has 0 aliphatic carbocycles. The van der Waals surface area contributed by atoms with Crippen molar-refractivity contribution >= 4 is 11.6 Å². The molecule has 1 aromatic heterocycles. The molecule has 25 heavy (non-hydrogen) atoms. The van der Waals surface area contributed by atoms with Gasteiger partial charge in [-0.25, -0.2) is 9.07 Å². The third-order valence-corrected chi connectivity index (χ3v) is 4.51. The number of nitrogens with zero attached hydrogens (tertiary/aromatic N) is 3. The zero-order chi connectivity index (χ0) is 17.4. The highest BCUT2D eigenvalue weighted by Gasteiger charge is 2.23. The number of allylic oxidation sites excluding steroid dienone is 1. The second-order valence-electron chi connectivity index (χ2n) is 6.51. The summed E-state index contributed by atoms with van der Waals surface area (Å²) in [6, 6.07) is 14.9. The summed E-state index contributed by atoms with van der Waals surface area (Å²) < 4.78 is 15.1. The molecule has 1 aliphatic rings. The summed E-state index contributed by atoms with van der Waals surface area (Å²) in [4.78, 5) is 4.30. The van der Waals surface area contributed by atoms with Crippen molar-refractivity contribution in [1.29, 1.82) is 0 Å². The maximum absolute atomic E-state index is 13.3. The molecule has 0 radical (unpaired) electrons. The van der Waals surface area contributed by atoms with Crippen LogP contribution in [0.4, 0.5) is 10.3 Å². The molecule has 0 fully saturated rings.